The molecule has 0 bridgehead atoms. The maximum absolute atomic E-state index is 12.4. The first-order valence-electron chi connectivity index (χ1n) is 9.04. The highest BCUT2D eigenvalue weighted by atomic mass is 32.1. The zero-order chi connectivity index (χ0) is 21.7. The summed E-state index contributed by atoms with van der Waals surface area (Å²) in [6.07, 6.45) is 0. The number of esters is 1. The van der Waals surface area contributed by atoms with Crippen molar-refractivity contribution in [3.63, 3.8) is 0 Å². The number of aryl methyl sites for hydroxylation is 1. The number of hydrogen-bond acceptors (Lipinski definition) is 7. The minimum Gasteiger partial charge on any atom is -0.493 e. The number of ether oxygens (including phenoxy) is 4. The topological polar surface area (TPSA) is 88.4 Å². The fraction of sp³-hybridized carbons (Fsp3) is 0.286. The molecule has 0 saturated carbocycles. The van der Waals surface area contributed by atoms with E-state index in [2.05, 4.69) is 4.99 Å². The average molecular weight is 430 g/mol. The van der Waals surface area contributed by atoms with Crippen LogP contribution in [-0.4, -0.2) is 44.4 Å². The van der Waals surface area contributed by atoms with Gasteiger partial charge in [-0.1, -0.05) is 23.5 Å². The molecule has 9 heteroatoms. The van der Waals surface area contributed by atoms with Crippen molar-refractivity contribution >= 4 is 33.4 Å². The standard InChI is InChI=1S/C21H22N2O6S/c1-13-6-5-7-14(8-13)29-12-19(24)22-21-23(11-20(25)28-4)15-9-16(26-2)17(27-3)10-18(15)30-21/h5-10H,11-12H2,1-4H3. The SMILES string of the molecule is COC(=O)Cn1c(=NC(=O)COc2cccc(C)c2)sc2cc(OC)c(OC)cc21. The minimum atomic E-state index is -0.472. The number of aromatic nitrogens is 1. The van der Waals surface area contributed by atoms with Crippen molar-refractivity contribution < 1.29 is 28.5 Å². The normalized spacial score (nSPS) is 11.4. The molecule has 0 N–H and O–H groups in total. The van der Waals surface area contributed by atoms with E-state index in [1.807, 2.05) is 25.1 Å². The molecule has 30 heavy (non-hydrogen) atoms. The smallest absolute Gasteiger partial charge is 0.325 e. The molecular weight excluding hydrogens is 408 g/mol. The Morgan fingerprint density at radius 3 is 2.47 bits per heavy atom. The number of thiazole rings is 1. The van der Waals surface area contributed by atoms with Gasteiger partial charge in [-0.25, -0.2) is 0 Å². The molecule has 1 aromatic heterocycles. The van der Waals surface area contributed by atoms with Crippen LogP contribution in [0, 0.1) is 6.92 Å². The number of fused-ring (bicyclic) bond motifs is 1. The molecule has 8 nitrogen and oxygen atoms in total. The highest BCUT2D eigenvalue weighted by Crippen LogP contribution is 2.33. The van der Waals surface area contributed by atoms with E-state index in [-0.39, 0.29) is 13.2 Å². The zero-order valence-electron chi connectivity index (χ0n) is 17.1. The molecular formula is C21H22N2O6S. The Hall–Kier alpha value is -3.33. The predicted octanol–water partition coefficient (Wildman–Crippen LogP) is 2.71. The third-order valence-corrected chi connectivity index (χ3v) is 5.32. The van der Waals surface area contributed by atoms with Crippen molar-refractivity contribution in [2.24, 2.45) is 4.99 Å². The Kier molecular flexibility index (Phi) is 6.73. The molecule has 0 aliphatic rings. The fourth-order valence-electron chi connectivity index (χ4n) is 2.82. The van der Waals surface area contributed by atoms with Gasteiger partial charge in [0.2, 0.25) is 0 Å². The molecule has 3 rings (SSSR count). The summed E-state index contributed by atoms with van der Waals surface area (Å²) in [5, 5.41) is 0. The number of carbonyl (C=O) groups excluding carboxylic acids is 2. The number of benzene rings is 2. The maximum Gasteiger partial charge on any atom is 0.325 e. The molecule has 1 heterocycles. The lowest BCUT2D eigenvalue weighted by Gasteiger charge is -2.09. The van der Waals surface area contributed by atoms with Gasteiger partial charge in [-0.15, -0.1) is 0 Å². The Labute approximate surface area is 177 Å². The predicted molar refractivity (Wildman–Crippen MR) is 112 cm³/mol. The summed E-state index contributed by atoms with van der Waals surface area (Å²) in [4.78, 5) is 28.9. The van der Waals surface area contributed by atoms with Gasteiger partial charge in [0, 0.05) is 12.1 Å². The monoisotopic (exact) mass is 430 g/mol. The van der Waals surface area contributed by atoms with Crippen LogP contribution in [0.4, 0.5) is 0 Å². The Bertz CT molecular complexity index is 1150. The van der Waals surface area contributed by atoms with E-state index >= 15 is 0 Å². The third-order valence-electron chi connectivity index (χ3n) is 4.28. The second kappa shape index (κ2) is 9.45. The fourth-order valence-corrected chi connectivity index (χ4v) is 3.87. The van der Waals surface area contributed by atoms with Gasteiger partial charge in [0.25, 0.3) is 5.91 Å². The van der Waals surface area contributed by atoms with Gasteiger partial charge in [0.05, 0.1) is 31.5 Å². The van der Waals surface area contributed by atoms with Gasteiger partial charge in [-0.2, -0.15) is 4.99 Å². The molecule has 0 aliphatic carbocycles. The van der Waals surface area contributed by atoms with Crippen LogP contribution in [0.2, 0.25) is 0 Å². The van der Waals surface area contributed by atoms with E-state index in [1.54, 1.807) is 22.8 Å². The maximum atomic E-state index is 12.4. The molecule has 1 amide bonds. The third kappa shape index (κ3) is 4.80. The number of carbonyl (C=O) groups is 2. The van der Waals surface area contributed by atoms with Gasteiger partial charge in [0.1, 0.15) is 12.3 Å². The summed E-state index contributed by atoms with van der Waals surface area (Å²) in [6, 6.07) is 10.9. The van der Waals surface area contributed by atoms with Gasteiger partial charge in [-0.3, -0.25) is 9.59 Å². The summed E-state index contributed by atoms with van der Waals surface area (Å²) < 4.78 is 23.4. The van der Waals surface area contributed by atoms with Crippen LogP contribution in [0.25, 0.3) is 10.2 Å². The van der Waals surface area contributed by atoms with Crippen LogP contribution >= 0.6 is 11.3 Å². The Morgan fingerprint density at radius 2 is 1.80 bits per heavy atom. The van der Waals surface area contributed by atoms with Crippen LogP contribution in [0.5, 0.6) is 17.2 Å². The Morgan fingerprint density at radius 1 is 1.07 bits per heavy atom. The highest BCUT2D eigenvalue weighted by molar-refractivity contribution is 7.16. The van der Waals surface area contributed by atoms with Crippen LogP contribution in [0.1, 0.15) is 5.56 Å². The van der Waals surface area contributed by atoms with Crippen LogP contribution in [0.3, 0.4) is 0 Å². The number of amides is 1. The van der Waals surface area contributed by atoms with Crippen molar-refractivity contribution in [1.82, 2.24) is 4.57 Å². The molecule has 158 valence electrons. The van der Waals surface area contributed by atoms with E-state index in [0.717, 1.165) is 10.3 Å². The molecule has 0 atom stereocenters. The van der Waals surface area contributed by atoms with Crippen molar-refractivity contribution in [2.45, 2.75) is 13.5 Å². The quantitative estimate of drug-likeness (QED) is 0.536. The second-order valence-corrected chi connectivity index (χ2v) is 7.34. The van der Waals surface area contributed by atoms with E-state index in [4.69, 9.17) is 18.9 Å². The number of methoxy groups -OCH3 is 3. The first-order valence-corrected chi connectivity index (χ1v) is 9.86. The van der Waals surface area contributed by atoms with Crippen molar-refractivity contribution in [3.8, 4) is 17.2 Å². The lowest BCUT2D eigenvalue weighted by atomic mass is 10.2. The van der Waals surface area contributed by atoms with Crippen LogP contribution < -0.4 is 19.0 Å². The number of nitrogens with zero attached hydrogens (tertiary/aromatic N) is 2. The minimum absolute atomic E-state index is 0.100. The largest absolute Gasteiger partial charge is 0.493 e. The van der Waals surface area contributed by atoms with Gasteiger partial charge in [0.15, 0.2) is 22.9 Å². The van der Waals surface area contributed by atoms with E-state index < -0.39 is 11.9 Å². The van der Waals surface area contributed by atoms with E-state index in [0.29, 0.717) is 27.6 Å². The Balaban J connectivity index is 1.98. The summed E-state index contributed by atoms with van der Waals surface area (Å²) in [7, 11) is 4.37. The van der Waals surface area contributed by atoms with Crippen molar-refractivity contribution in [1.29, 1.82) is 0 Å². The van der Waals surface area contributed by atoms with E-state index in [9.17, 15) is 9.59 Å². The first-order chi connectivity index (χ1) is 14.4. The van der Waals surface area contributed by atoms with Gasteiger partial charge >= 0.3 is 5.97 Å². The summed E-state index contributed by atoms with van der Waals surface area (Å²) >= 11 is 1.25. The highest BCUT2D eigenvalue weighted by Gasteiger charge is 2.16. The average Bonchev–Trinajstić information content (AvgIpc) is 3.06. The molecule has 3 aromatic rings. The first kappa shape index (κ1) is 21.4. The van der Waals surface area contributed by atoms with Gasteiger partial charge < -0.3 is 23.5 Å². The van der Waals surface area contributed by atoms with E-state index in [1.165, 1.54) is 32.7 Å². The number of hydrogen-bond donors (Lipinski definition) is 0. The number of rotatable bonds is 7. The zero-order valence-corrected chi connectivity index (χ0v) is 17.9. The molecule has 0 fully saturated rings. The summed E-state index contributed by atoms with van der Waals surface area (Å²) in [6.45, 7) is 1.62. The summed E-state index contributed by atoms with van der Waals surface area (Å²) in [5.74, 6) is 0.695. The molecule has 0 unspecified atom stereocenters. The molecule has 0 saturated heterocycles. The van der Waals surface area contributed by atoms with Crippen LogP contribution in [0.15, 0.2) is 41.4 Å². The molecule has 0 aliphatic heterocycles. The lowest BCUT2D eigenvalue weighted by molar-refractivity contribution is -0.141. The van der Waals surface area contributed by atoms with Gasteiger partial charge in [-0.05, 0) is 24.6 Å². The van der Waals surface area contributed by atoms with Crippen molar-refractivity contribution in [3.05, 3.63) is 46.8 Å². The molecule has 0 radical (unpaired) electrons. The van der Waals surface area contributed by atoms with Crippen LogP contribution in [-0.2, 0) is 20.9 Å². The molecule has 2 aromatic carbocycles. The second-order valence-electron chi connectivity index (χ2n) is 6.33. The van der Waals surface area contributed by atoms with Crippen molar-refractivity contribution in [2.75, 3.05) is 27.9 Å². The summed E-state index contributed by atoms with van der Waals surface area (Å²) in [5.41, 5.74) is 1.70. The lowest BCUT2D eigenvalue weighted by Crippen LogP contribution is -2.23. The molecule has 0 spiro atoms.